The van der Waals surface area contributed by atoms with Crippen LogP contribution in [0.3, 0.4) is 0 Å². The lowest BCUT2D eigenvalue weighted by molar-refractivity contribution is 0.103. The quantitative estimate of drug-likeness (QED) is 0.717. The molecule has 1 N–H and O–H groups in total. The summed E-state index contributed by atoms with van der Waals surface area (Å²) in [4.78, 5) is 16.6. The van der Waals surface area contributed by atoms with Crippen molar-refractivity contribution in [3.63, 3.8) is 0 Å². The number of fused-ring (bicyclic) bond motifs is 1. The molecule has 0 bridgehead atoms. The van der Waals surface area contributed by atoms with Crippen LogP contribution in [-0.4, -0.2) is 10.9 Å². The third kappa shape index (κ3) is 2.25. The fraction of sp³-hybridized carbons (Fsp3) is 0. The summed E-state index contributed by atoms with van der Waals surface area (Å²) in [6, 6.07) is 7.25. The van der Waals surface area contributed by atoms with Crippen molar-refractivity contribution in [1.29, 1.82) is 0 Å². The van der Waals surface area contributed by atoms with Crippen molar-refractivity contribution >= 4 is 55.3 Å². The van der Waals surface area contributed by atoms with Gasteiger partial charge in [-0.2, -0.15) is 0 Å². The van der Waals surface area contributed by atoms with Gasteiger partial charge in [-0.05, 0) is 29.6 Å². The van der Waals surface area contributed by atoms with E-state index < -0.39 is 0 Å². The number of halogens is 1. The van der Waals surface area contributed by atoms with Gasteiger partial charge in [0.1, 0.15) is 5.15 Å². The summed E-state index contributed by atoms with van der Waals surface area (Å²) < 4.78 is 2.27. The number of hydrogen-bond acceptors (Lipinski definition) is 4. The fourth-order valence-electron chi connectivity index (χ4n) is 1.55. The van der Waals surface area contributed by atoms with Crippen molar-refractivity contribution in [2.24, 2.45) is 0 Å². The summed E-state index contributed by atoms with van der Waals surface area (Å²) in [5, 5.41) is 5.18. The maximum atomic E-state index is 12.0. The van der Waals surface area contributed by atoms with Gasteiger partial charge in [0, 0.05) is 21.3 Å². The zero-order valence-corrected chi connectivity index (χ0v) is 11.4. The Morgan fingerprint density at radius 1 is 1.28 bits per heavy atom. The molecule has 0 saturated carbocycles. The first-order chi connectivity index (χ1) is 8.72. The molecular formula is C12H7ClN2OS2. The summed E-state index contributed by atoms with van der Waals surface area (Å²) in [7, 11) is 0. The molecule has 3 aromatic rings. The molecule has 0 atom stereocenters. The molecule has 0 aliphatic carbocycles. The highest BCUT2D eigenvalue weighted by Gasteiger charge is 2.11. The Kier molecular flexibility index (Phi) is 3.03. The zero-order valence-electron chi connectivity index (χ0n) is 9.01. The lowest BCUT2D eigenvalue weighted by Crippen LogP contribution is -2.09. The van der Waals surface area contributed by atoms with E-state index in [0.29, 0.717) is 15.7 Å². The molecule has 18 heavy (non-hydrogen) atoms. The van der Waals surface area contributed by atoms with Crippen LogP contribution >= 0.6 is 34.3 Å². The molecule has 90 valence electrons. The Morgan fingerprint density at radius 2 is 2.17 bits per heavy atom. The van der Waals surface area contributed by atoms with E-state index in [0.717, 1.165) is 9.40 Å². The number of nitrogens with zero attached hydrogens (tertiary/aromatic N) is 1. The highest BCUT2D eigenvalue weighted by atomic mass is 35.5. The average molecular weight is 295 g/mol. The number of hydrogen-bond donors (Lipinski definition) is 1. The number of thiophene rings is 2. The normalized spacial score (nSPS) is 10.7. The molecule has 0 saturated heterocycles. The van der Waals surface area contributed by atoms with Gasteiger partial charge in [-0.1, -0.05) is 11.6 Å². The van der Waals surface area contributed by atoms with E-state index in [9.17, 15) is 4.79 Å². The highest BCUT2D eigenvalue weighted by Crippen LogP contribution is 2.30. The van der Waals surface area contributed by atoms with E-state index in [1.54, 1.807) is 29.7 Å². The van der Waals surface area contributed by atoms with Gasteiger partial charge in [0.25, 0.3) is 5.91 Å². The van der Waals surface area contributed by atoms with E-state index in [-0.39, 0.29) is 5.91 Å². The lowest BCUT2D eigenvalue weighted by atomic mass is 10.3. The SMILES string of the molecule is O=C(Nc1ccnc(Cl)c1)c1cc2sccc2s1. The van der Waals surface area contributed by atoms with Crippen LogP contribution in [0.5, 0.6) is 0 Å². The minimum atomic E-state index is -0.120. The first-order valence-corrected chi connectivity index (χ1v) is 7.20. The second-order valence-corrected chi connectivity index (χ2v) is 6.00. The second-order valence-electron chi connectivity index (χ2n) is 3.58. The van der Waals surface area contributed by atoms with Crippen LogP contribution in [0, 0.1) is 0 Å². The standard InChI is InChI=1S/C12H7ClN2OS2/c13-11-5-7(1-3-14-11)15-12(16)10-6-9-8(18-10)2-4-17-9/h1-6H,(H,14,15,16). The Morgan fingerprint density at radius 3 is 2.94 bits per heavy atom. The van der Waals surface area contributed by atoms with E-state index in [1.165, 1.54) is 11.3 Å². The molecule has 0 aromatic carbocycles. The van der Waals surface area contributed by atoms with E-state index in [2.05, 4.69) is 10.3 Å². The largest absolute Gasteiger partial charge is 0.321 e. The van der Waals surface area contributed by atoms with Crippen molar-refractivity contribution in [2.75, 3.05) is 5.32 Å². The van der Waals surface area contributed by atoms with Crippen molar-refractivity contribution in [3.8, 4) is 0 Å². The maximum Gasteiger partial charge on any atom is 0.265 e. The monoisotopic (exact) mass is 294 g/mol. The second kappa shape index (κ2) is 4.68. The van der Waals surface area contributed by atoms with E-state index in [4.69, 9.17) is 11.6 Å². The molecule has 3 rings (SSSR count). The van der Waals surface area contributed by atoms with Gasteiger partial charge in [-0.15, -0.1) is 22.7 Å². The molecule has 3 aromatic heterocycles. The van der Waals surface area contributed by atoms with Gasteiger partial charge in [-0.25, -0.2) is 4.98 Å². The molecule has 0 aliphatic rings. The molecule has 3 heterocycles. The van der Waals surface area contributed by atoms with Gasteiger partial charge in [0.05, 0.1) is 4.88 Å². The van der Waals surface area contributed by atoms with Crippen LogP contribution in [0.25, 0.3) is 9.40 Å². The molecule has 3 nitrogen and oxygen atoms in total. The van der Waals surface area contributed by atoms with Crippen molar-refractivity contribution in [3.05, 3.63) is 45.9 Å². The van der Waals surface area contributed by atoms with Crippen LogP contribution in [0.4, 0.5) is 5.69 Å². The predicted octanol–water partition coefficient (Wildman–Crippen LogP) is 4.26. The Labute approximate surface area is 116 Å². The number of amides is 1. The summed E-state index contributed by atoms with van der Waals surface area (Å²) in [6.07, 6.45) is 1.56. The molecular weight excluding hydrogens is 288 g/mol. The number of rotatable bonds is 2. The summed E-state index contributed by atoms with van der Waals surface area (Å²) >= 11 is 8.88. The van der Waals surface area contributed by atoms with Gasteiger partial charge in [0.2, 0.25) is 0 Å². The number of pyridine rings is 1. The predicted molar refractivity (Wildman–Crippen MR) is 76.9 cm³/mol. The Bertz CT molecular complexity index is 691. The minimum absolute atomic E-state index is 0.120. The zero-order chi connectivity index (χ0) is 12.5. The number of nitrogens with one attached hydrogen (secondary N) is 1. The minimum Gasteiger partial charge on any atom is -0.321 e. The topological polar surface area (TPSA) is 42.0 Å². The lowest BCUT2D eigenvalue weighted by Gasteiger charge is -2.02. The van der Waals surface area contributed by atoms with Crippen LogP contribution < -0.4 is 5.32 Å². The molecule has 6 heteroatoms. The maximum absolute atomic E-state index is 12.0. The number of anilines is 1. The Balaban J connectivity index is 1.85. The van der Waals surface area contributed by atoms with Crippen LogP contribution in [0.1, 0.15) is 9.67 Å². The average Bonchev–Trinajstić information content (AvgIpc) is 2.88. The fourth-order valence-corrected chi connectivity index (χ4v) is 3.73. The van der Waals surface area contributed by atoms with Gasteiger partial charge < -0.3 is 5.32 Å². The van der Waals surface area contributed by atoms with Gasteiger partial charge in [0.15, 0.2) is 0 Å². The number of aromatic nitrogens is 1. The smallest absolute Gasteiger partial charge is 0.265 e. The molecule has 1 amide bonds. The summed E-state index contributed by atoms with van der Waals surface area (Å²) in [5.74, 6) is -0.120. The molecule has 0 radical (unpaired) electrons. The molecule has 0 aliphatic heterocycles. The number of carbonyl (C=O) groups excluding carboxylic acids is 1. The third-order valence-electron chi connectivity index (χ3n) is 2.35. The number of carbonyl (C=O) groups is 1. The van der Waals surface area contributed by atoms with Crippen molar-refractivity contribution < 1.29 is 4.79 Å². The molecule has 0 unspecified atom stereocenters. The van der Waals surface area contributed by atoms with E-state index >= 15 is 0 Å². The third-order valence-corrected chi connectivity index (χ3v) is 4.65. The summed E-state index contributed by atoms with van der Waals surface area (Å²) in [6.45, 7) is 0. The van der Waals surface area contributed by atoms with Crippen molar-refractivity contribution in [2.45, 2.75) is 0 Å². The molecule has 0 spiro atoms. The van der Waals surface area contributed by atoms with Crippen LogP contribution in [0.15, 0.2) is 35.8 Å². The summed E-state index contributed by atoms with van der Waals surface area (Å²) in [5.41, 5.74) is 0.650. The Hall–Kier alpha value is -1.43. The first kappa shape index (κ1) is 11.6. The van der Waals surface area contributed by atoms with Gasteiger partial charge >= 0.3 is 0 Å². The first-order valence-electron chi connectivity index (χ1n) is 5.12. The van der Waals surface area contributed by atoms with E-state index in [1.807, 2.05) is 17.5 Å². The molecule has 0 fully saturated rings. The van der Waals surface area contributed by atoms with Gasteiger partial charge in [-0.3, -0.25) is 4.79 Å². The van der Waals surface area contributed by atoms with Crippen molar-refractivity contribution in [1.82, 2.24) is 4.98 Å². The van der Waals surface area contributed by atoms with Crippen LogP contribution in [-0.2, 0) is 0 Å². The van der Waals surface area contributed by atoms with Crippen LogP contribution in [0.2, 0.25) is 5.15 Å². The highest BCUT2D eigenvalue weighted by molar-refractivity contribution is 7.27.